The predicted molar refractivity (Wildman–Crippen MR) is 78.7 cm³/mol. The fourth-order valence-corrected chi connectivity index (χ4v) is 1.97. The van der Waals surface area contributed by atoms with E-state index in [2.05, 4.69) is 23.8 Å². The second-order valence-electron chi connectivity index (χ2n) is 3.97. The Kier molecular flexibility index (Phi) is 5.77. The van der Waals surface area contributed by atoms with Gasteiger partial charge >= 0.3 is 5.69 Å². The first-order valence-electron chi connectivity index (χ1n) is 5.82. The normalized spacial score (nSPS) is 11.9. The van der Waals surface area contributed by atoms with Gasteiger partial charge in [-0.2, -0.15) is 11.8 Å². The summed E-state index contributed by atoms with van der Waals surface area (Å²) in [5.41, 5.74) is 1.21. The van der Waals surface area contributed by atoms with Gasteiger partial charge < -0.3 is 10.6 Å². The summed E-state index contributed by atoms with van der Waals surface area (Å²) in [6, 6.07) is 5.25. The average Bonchev–Trinajstić information content (AvgIpc) is 2.37. The minimum Gasteiger partial charge on any atom is -0.382 e. The smallest absolute Gasteiger partial charge is 0.315 e. The number of benzene rings is 1. The second kappa shape index (κ2) is 7.10. The highest BCUT2D eigenvalue weighted by Gasteiger charge is 2.18. The number of nitro groups is 1. The summed E-state index contributed by atoms with van der Waals surface area (Å²) < 4.78 is 0. The Bertz CT molecular complexity index is 412. The number of anilines is 2. The molecule has 0 aromatic heterocycles. The van der Waals surface area contributed by atoms with E-state index in [0.717, 1.165) is 13.0 Å². The maximum Gasteiger partial charge on any atom is 0.315 e. The van der Waals surface area contributed by atoms with Crippen LogP contribution < -0.4 is 10.6 Å². The van der Waals surface area contributed by atoms with E-state index >= 15 is 0 Å². The van der Waals surface area contributed by atoms with Crippen LogP contribution in [0.4, 0.5) is 17.1 Å². The number of thioether (sulfide) groups is 1. The third-order valence-corrected chi connectivity index (χ3v) is 3.80. The van der Waals surface area contributed by atoms with E-state index in [9.17, 15) is 10.1 Å². The van der Waals surface area contributed by atoms with Crippen molar-refractivity contribution in [1.29, 1.82) is 0 Å². The lowest BCUT2D eigenvalue weighted by Crippen LogP contribution is -2.09. The molecule has 5 nitrogen and oxygen atoms in total. The number of hydrogen-bond donors (Lipinski definition) is 2. The van der Waals surface area contributed by atoms with Gasteiger partial charge in [-0.25, -0.2) is 0 Å². The second-order valence-corrected chi connectivity index (χ2v) is 5.25. The van der Waals surface area contributed by atoms with E-state index in [1.165, 1.54) is 0 Å². The number of rotatable bonds is 7. The van der Waals surface area contributed by atoms with Crippen molar-refractivity contribution in [2.45, 2.75) is 18.6 Å². The fraction of sp³-hybridized carbons (Fsp3) is 0.500. The van der Waals surface area contributed by atoms with Crippen molar-refractivity contribution < 1.29 is 4.92 Å². The molecule has 1 unspecified atom stereocenters. The quantitative estimate of drug-likeness (QED) is 0.588. The molecule has 0 aliphatic heterocycles. The summed E-state index contributed by atoms with van der Waals surface area (Å²) in [6.07, 6.45) is 3.04. The zero-order chi connectivity index (χ0) is 13.5. The number of nitrogens with zero attached hydrogens (tertiary/aromatic N) is 1. The summed E-state index contributed by atoms with van der Waals surface area (Å²) >= 11 is 1.79. The largest absolute Gasteiger partial charge is 0.382 e. The summed E-state index contributed by atoms with van der Waals surface area (Å²) in [7, 11) is 1.68. The molecular weight excluding hydrogens is 250 g/mol. The molecule has 0 radical (unpaired) electrons. The molecule has 2 N–H and O–H groups in total. The molecule has 0 amide bonds. The Morgan fingerprint density at radius 2 is 2.11 bits per heavy atom. The zero-order valence-corrected chi connectivity index (χ0v) is 11.7. The van der Waals surface area contributed by atoms with Gasteiger partial charge in [0.05, 0.1) is 4.92 Å². The molecule has 0 fully saturated rings. The standard InChI is InChI=1S/C12H19N3O2S/c1-9(18-3)7-8-14-11-6-4-5-10(13-2)12(11)15(16)17/h4-6,9,13-14H,7-8H2,1-3H3. The van der Waals surface area contributed by atoms with Gasteiger partial charge in [0.1, 0.15) is 11.4 Å². The zero-order valence-electron chi connectivity index (χ0n) is 10.9. The molecule has 1 atom stereocenters. The molecule has 0 saturated carbocycles. The molecule has 6 heteroatoms. The van der Waals surface area contributed by atoms with E-state index in [0.29, 0.717) is 16.6 Å². The minimum atomic E-state index is -0.355. The highest BCUT2D eigenvalue weighted by molar-refractivity contribution is 7.99. The van der Waals surface area contributed by atoms with Crippen LogP contribution in [0, 0.1) is 10.1 Å². The number of para-hydroxylation sites is 1. The number of nitro benzene ring substituents is 1. The van der Waals surface area contributed by atoms with Crippen LogP contribution in [0.5, 0.6) is 0 Å². The van der Waals surface area contributed by atoms with E-state index in [1.807, 2.05) is 0 Å². The van der Waals surface area contributed by atoms with Crippen LogP contribution >= 0.6 is 11.8 Å². The van der Waals surface area contributed by atoms with Gasteiger partial charge in [0, 0.05) is 18.8 Å². The van der Waals surface area contributed by atoms with Crippen LogP contribution in [0.1, 0.15) is 13.3 Å². The Morgan fingerprint density at radius 3 is 2.67 bits per heavy atom. The lowest BCUT2D eigenvalue weighted by molar-refractivity contribution is -0.383. The summed E-state index contributed by atoms with van der Waals surface area (Å²) in [5, 5.41) is 17.6. The average molecular weight is 269 g/mol. The van der Waals surface area contributed by atoms with Gasteiger partial charge in [-0.05, 0) is 24.8 Å². The van der Waals surface area contributed by atoms with Crippen molar-refractivity contribution in [1.82, 2.24) is 0 Å². The van der Waals surface area contributed by atoms with Gasteiger partial charge in [0.25, 0.3) is 0 Å². The Balaban J connectivity index is 2.78. The minimum absolute atomic E-state index is 0.108. The van der Waals surface area contributed by atoms with Crippen molar-refractivity contribution in [2.75, 3.05) is 30.5 Å². The van der Waals surface area contributed by atoms with Crippen molar-refractivity contribution in [3.05, 3.63) is 28.3 Å². The first-order chi connectivity index (χ1) is 8.60. The first kappa shape index (κ1) is 14.6. The van der Waals surface area contributed by atoms with E-state index < -0.39 is 0 Å². The van der Waals surface area contributed by atoms with E-state index in [4.69, 9.17) is 0 Å². The van der Waals surface area contributed by atoms with Crippen LogP contribution in [-0.2, 0) is 0 Å². The van der Waals surface area contributed by atoms with Gasteiger partial charge in [-0.15, -0.1) is 0 Å². The molecule has 0 aliphatic rings. The Morgan fingerprint density at radius 1 is 1.44 bits per heavy atom. The number of nitrogens with one attached hydrogen (secondary N) is 2. The molecule has 1 aromatic carbocycles. The third-order valence-electron chi connectivity index (χ3n) is 2.76. The summed E-state index contributed by atoms with van der Waals surface area (Å²) in [4.78, 5) is 10.7. The highest BCUT2D eigenvalue weighted by Crippen LogP contribution is 2.32. The van der Waals surface area contributed by atoms with Gasteiger partial charge in [-0.3, -0.25) is 10.1 Å². The van der Waals surface area contributed by atoms with Gasteiger partial charge in [0.15, 0.2) is 0 Å². The maximum atomic E-state index is 11.1. The fourth-order valence-electron chi connectivity index (χ4n) is 1.61. The van der Waals surface area contributed by atoms with E-state index in [1.54, 1.807) is 37.0 Å². The van der Waals surface area contributed by atoms with Crippen molar-refractivity contribution in [2.24, 2.45) is 0 Å². The lowest BCUT2D eigenvalue weighted by Gasteiger charge is -2.12. The third kappa shape index (κ3) is 3.80. The summed E-state index contributed by atoms with van der Waals surface area (Å²) in [6.45, 7) is 2.88. The van der Waals surface area contributed by atoms with Crippen LogP contribution in [0.3, 0.4) is 0 Å². The summed E-state index contributed by atoms with van der Waals surface area (Å²) in [5.74, 6) is 0. The topological polar surface area (TPSA) is 67.2 Å². The predicted octanol–water partition coefficient (Wildman–Crippen LogP) is 3.19. The first-order valence-corrected chi connectivity index (χ1v) is 7.10. The molecular formula is C12H19N3O2S. The maximum absolute atomic E-state index is 11.1. The highest BCUT2D eigenvalue weighted by atomic mass is 32.2. The molecule has 1 rings (SSSR count). The van der Waals surface area contributed by atoms with Gasteiger partial charge in [0.2, 0.25) is 0 Å². The van der Waals surface area contributed by atoms with Crippen LogP contribution in [0.2, 0.25) is 0 Å². The molecule has 0 heterocycles. The molecule has 0 saturated heterocycles. The lowest BCUT2D eigenvalue weighted by atomic mass is 10.2. The molecule has 0 bridgehead atoms. The van der Waals surface area contributed by atoms with Crippen molar-refractivity contribution >= 4 is 28.8 Å². The monoisotopic (exact) mass is 269 g/mol. The Labute approximate surface area is 111 Å². The number of hydrogen-bond acceptors (Lipinski definition) is 5. The molecule has 0 aliphatic carbocycles. The molecule has 100 valence electrons. The molecule has 1 aromatic rings. The molecule has 18 heavy (non-hydrogen) atoms. The van der Waals surface area contributed by atoms with Crippen LogP contribution in [-0.4, -0.2) is 30.0 Å². The molecule has 0 spiro atoms. The van der Waals surface area contributed by atoms with Crippen LogP contribution in [0.15, 0.2) is 18.2 Å². The van der Waals surface area contributed by atoms with Crippen molar-refractivity contribution in [3.8, 4) is 0 Å². The van der Waals surface area contributed by atoms with Crippen LogP contribution in [0.25, 0.3) is 0 Å². The van der Waals surface area contributed by atoms with Crippen molar-refractivity contribution in [3.63, 3.8) is 0 Å². The van der Waals surface area contributed by atoms with Gasteiger partial charge in [-0.1, -0.05) is 13.0 Å². The van der Waals surface area contributed by atoms with E-state index in [-0.39, 0.29) is 10.6 Å². The SMILES string of the molecule is CNc1cccc(NCCC(C)SC)c1[N+](=O)[O-]. The Hall–Kier alpha value is -1.43.